The average Bonchev–Trinajstić information content (AvgIpc) is 2.39. The summed E-state index contributed by atoms with van der Waals surface area (Å²) in [5.74, 6) is 0. The number of morpholine rings is 1. The first-order valence-electron chi connectivity index (χ1n) is 7.87. The molecule has 2 fully saturated rings. The largest absolute Gasteiger partial charge is 0.374 e. The maximum atomic E-state index is 5.98. The fourth-order valence-electron chi connectivity index (χ4n) is 3.33. The molecule has 0 radical (unpaired) electrons. The van der Waals surface area contributed by atoms with Gasteiger partial charge in [0.2, 0.25) is 0 Å². The molecule has 1 saturated heterocycles. The molecule has 2 N–H and O–H groups in total. The van der Waals surface area contributed by atoms with Crippen LogP contribution in [-0.2, 0) is 4.74 Å². The number of rotatable bonds is 4. The van der Waals surface area contributed by atoms with Crippen molar-refractivity contribution in [1.29, 1.82) is 0 Å². The van der Waals surface area contributed by atoms with Gasteiger partial charge >= 0.3 is 0 Å². The number of hydrogen-bond donors (Lipinski definition) is 1. The summed E-state index contributed by atoms with van der Waals surface area (Å²) >= 11 is 0. The summed E-state index contributed by atoms with van der Waals surface area (Å²) in [6, 6.07) is 1.77. The Bertz CT molecular complexity index is 264. The summed E-state index contributed by atoms with van der Waals surface area (Å²) in [4.78, 5) is 5.03. The highest BCUT2D eigenvalue weighted by atomic mass is 16.5. The van der Waals surface area contributed by atoms with Gasteiger partial charge in [0.05, 0.1) is 12.7 Å². The van der Waals surface area contributed by atoms with Gasteiger partial charge in [-0.1, -0.05) is 0 Å². The molecule has 1 saturated carbocycles. The Kier molecular flexibility index (Phi) is 5.63. The quantitative estimate of drug-likeness (QED) is 0.835. The summed E-state index contributed by atoms with van der Waals surface area (Å²) < 4.78 is 5.93. The Labute approximate surface area is 118 Å². The van der Waals surface area contributed by atoms with Crippen molar-refractivity contribution in [3.63, 3.8) is 0 Å². The molecule has 19 heavy (non-hydrogen) atoms. The Morgan fingerprint density at radius 2 is 1.95 bits per heavy atom. The summed E-state index contributed by atoms with van der Waals surface area (Å²) in [6.45, 7) is 8.64. The SMILES string of the molecule is CC(C)N1CCOC(CN(C)C2CCC(N)CC2)C1. The first-order chi connectivity index (χ1) is 9.06. The van der Waals surface area contributed by atoms with Crippen molar-refractivity contribution in [3.8, 4) is 0 Å². The molecule has 0 aromatic carbocycles. The lowest BCUT2D eigenvalue weighted by molar-refractivity contribution is -0.0551. The number of nitrogens with zero attached hydrogens (tertiary/aromatic N) is 2. The van der Waals surface area contributed by atoms with E-state index in [1.807, 2.05) is 0 Å². The fourth-order valence-corrected chi connectivity index (χ4v) is 3.33. The van der Waals surface area contributed by atoms with Gasteiger partial charge in [-0.2, -0.15) is 0 Å². The Morgan fingerprint density at radius 1 is 1.26 bits per heavy atom. The van der Waals surface area contributed by atoms with Gasteiger partial charge < -0.3 is 15.4 Å². The molecule has 0 amide bonds. The highest BCUT2D eigenvalue weighted by molar-refractivity contribution is 4.83. The molecule has 1 unspecified atom stereocenters. The van der Waals surface area contributed by atoms with Crippen LogP contribution in [-0.4, -0.2) is 67.3 Å². The second-order valence-electron chi connectivity index (χ2n) is 6.59. The molecule has 1 aliphatic heterocycles. The van der Waals surface area contributed by atoms with Gasteiger partial charge in [-0.25, -0.2) is 0 Å². The van der Waals surface area contributed by atoms with Gasteiger partial charge in [-0.15, -0.1) is 0 Å². The Balaban J connectivity index is 1.76. The van der Waals surface area contributed by atoms with Gasteiger partial charge in [0.25, 0.3) is 0 Å². The molecule has 0 aromatic rings. The zero-order chi connectivity index (χ0) is 13.8. The van der Waals surface area contributed by atoms with Crippen LogP contribution in [0.3, 0.4) is 0 Å². The number of ether oxygens (including phenoxy) is 1. The van der Waals surface area contributed by atoms with E-state index >= 15 is 0 Å². The molecule has 0 bridgehead atoms. The van der Waals surface area contributed by atoms with Crippen LogP contribution in [0.5, 0.6) is 0 Å². The van der Waals surface area contributed by atoms with E-state index in [0.717, 1.165) is 26.2 Å². The van der Waals surface area contributed by atoms with Crippen molar-refractivity contribution in [2.24, 2.45) is 5.73 Å². The van der Waals surface area contributed by atoms with E-state index in [-0.39, 0.29) is 0 Å². The minimum Gasteiger partial charge on any atom is -0.374 e. The van der Waals surface area contributed by atoms with Crippen molar-refractivity contribution < 1.29 is 4.74 Å². The first kappa shape index (κ1) is 15.2. The normalized spacial score (nSPS) is 34.1. The zero-order valence-corrected chi connectivity index (χ0v) is 12.8. The van der Waals surface area contributed by atoms with Gasteiger partial charge in [0, 0.05) is 37.8 Å². The second kappa shape index (κ2) is 7.02. The average molecular weight is 269 g/mol. The summed E-state index contributed by atoms with van der Waals surface area (Å²) in [5, 5.41) is 0. The van der Waals surface area contributed by atoms with Crippen LogP contribution in [0.15, 0.2) is 0 Å². The van der Waals surface area contributed by atoms with E-state index in [0.29, 0.717) is 24.2 Å². The molecule has 2 aliphatic rings. The number of nitrogens with two attached hydrogens (primary N) is 1. The third-order valence-corrected chi connectivity index (χ3v) is 4.76. The molecule has 4 heteroatoms. The molecule has 2 rings (SSSR count). The van der Waals surface area contributed by atoms with Crippen molar-refractivity contribution in [2.75, 3.05) is 33.3 Å². The second-order valence-corrected chi connectivity index (χ2v) is 6.59. The molecule has 1 heterocycles. The van der Waals surface area contributed by atoms with Crippen LogP contribution >= 0.6 is 0 Å². The molecule has 0 aromatic heterocycles. The van der Waals surface area contributed by atoms with E-state index < -0.39 is 0 Å². The van der Waals surface area contributed by atoms with Gasteiger partial charge in [0.15, 0.2) is 0 Å². The molecule has 0 spiro atoms. The fraction of sp³-hybridized carbons (Fsp3) is 1.00. The van der Waals surface area contributed by atoms with E-state index in [4.69, 9.17) is 10.5 Å². The minimum atomic E-state index is 0.372. The third-order valence-electron chi connectivity index (χ3n) is 4.76. The zero-order valence-electron chi connectivity index (χ0n) is 12.8. The van der Waals surface area contributed by atoms with Crippen LogP contribution in [0.2, 0.25) is 0 Å². The van der Waals surface area contributed by atoms with Crippen LogP contribution < -0.4 is 5.73 Å². The Morgan fingerprint density at radius 3 is 2.58 bits per heavy atom. The summed E-state index contributed by atoms with van der Waals surface area (Å²) in [6.07, 6.45) is 5.23. The molecule has 112 valence electrons. The minimum absolute atomic E-state index is 0.372. The van der Waals surface area contributed by atoms with E-state index in [1.165, 1.54) is 25.7 Å². The third kappa shape index (κ3) is 4.42. The number of likely N-dealkylation sites (N-methyl/N-ethyl adjacent to an activating group) is 1. The maximum Gasteiger partial charge on any atom is 0.0829 e. The van der Waals surface area contributed by atoms with E-state index in [9.17, 15) is 0 Å². The van der Waals surface area contributed by atoms with Crippen molar-refractivity contribution in [1.82, 2.24) is 9.80 Å². The van der Waals surface area contributed by atoms with Gasteiger partial charge in [-0.3, -0.25) is 4.90 Å². The monoisotopic (exact) mass is 269 g/mol. The topological polar surface area (TPSA) is 41.7 Å². The lowest BCUT2D eigenvalue weighted by Crippen LogP contribution is -2.51. The highest BCUT2D eigenvalue weighted by Gasteiger charge is 2.27. The summed E-state index contributed by atoms with van der Waals surface area (Å²) in [7, 11) is 2.25. The molecular weight excluding hydrogens is 238 g/mol. The molecular formula is C15H31N3O. The van der Waals surface area contributed by atoms with E-state index in [2.05, 4.69) is 30.7 Å². The molecule has 1 atom stereocenters. The van der Waals surface area contributed by atoms with Crippen LogP contribution in [0, 0.1) is 0 Å². The predicted octanol–water partition coefficient (Wildman–Crippen LogP) is 1.30. The van der Waals surface area contributed by atoms with Crippen LogP contribution in [0.1, 0.15) is 39.5 Å². The maximum absolute atomic E-state index is 5.98. The van der Waals surface area contributed by atoms with Crippen molar-refractivity contribution in [2.45, 2.75) is 63.8 Å². The van der Waals surface area contributed by atoms with Gasteiger partial charge in [0.1, 0.15) is 0 Å². The highest BCUT2D eigenvalue weighted by Crippen LogP contribution is 2.22. The summed E-state index contributed by atoms with van der Waals surface area (Å²) in [5.41, 5.74) is 5.98. The lowest BCUT2D eigenvalue weighted by Gasteiger charge is -2.40. The lowest BCUT2D eigenvalue weighted by atomic mass is 9.91. The molecule has 1 aliphatic carbocycles. The smallest absolute Gasteiger partial charge is 0.0829 e. The standard InChI is InChI=1S/C15H31N3O/c1-12(2)18-8-9-19-15(11-18)10-17(3)14-6-4-13(16)5-7-14/h12-15H,4-11,16H2,1-3H3. The van der Waals surface area contributed by atoms with Crippen molar-refractivity contribution in [3.05, 3.63) is 0 Å². The van der Waals surface area contributed by atoms with Crippen LogP contribution in [0.25, 0.3) is 0 Å². The Hall–Kier alpha value is -0.160. The van der Waals surface area contributed by atoms with Gasteiger partial charge in [-0.05, 0) is 46.6 Å². The number of hydrogen-bond acceptors (Lipinski definition) is 4. The molecule has 4 nitrogen and oxygen atoms in total. The predicted molar refractivity (Wildman–Crippen MR) is 79.3 cm³/mol. The first-order valence-corrected chi connectivity index (χ1v) is 7.87. The van der Waals surface area contributed by atoms with Crippen molar-refractivity contribution >= 4 is 0 Å². The van der Waals surface area contributed by atoms with E-state index in [1.54, 1.807) is 0 Å². The van der Waals surface area contributed by atoms with Crippen LogP contribution in [0.4, 0.5) is 0 Å².